The summed E-state index contributed by atoms with van der Waals surface area (Å²) in [6.45, 7) is 7.10. The van der Waals surface area contributed by atoms with Crippen LogP contribution in [-0.4, -0.2) is 12.1 Å². The third kappa shape index (κ3) is 1.48. The molecule has 2 rings (SSSR count). The molecule has 0 unspecified atom stereocenters. The van der Waals surface area contributed by atoms with E-state index in [9.17, 15) is 0 Å². The Balaban J connectivity index is 2.44. The lowest BCUT2D eigenvalue weighted by atomic mass is 10.0. The van der Waals surface area contributed by atoms with Gasteiger partial charge in [0.2, 0.25) is 0 Å². The molecule has 1 aliphatic rings. The van der Waals surface area contributed by atoms with Crippen molar-refractivity contribution >= 4 is 5.69 Å². The number of hydrogen-bond acceptors (Lipinski definition) is 2. The molecule has 0 spiro atoms. The van der Waals surface area contributed by atoms with Crippen LogP contribution in [0.1, 0.15) is 19.4 Å². The number of para-hydroxylation sites is 1. The van der Waals surface area contributed by atoms with E-state index in [-0.39, 0.29) is 5.54 Å². The van der Waals surface area contributed by atoms with Gasteiger partial charge in [-0.15, -0.1) is 0 Å². The molecular formula is C11H15NO. The van der Waals surface area contributed by atoms with Gasteiger partial charge in [0, 0.05) is 0 Å². The van der Waals surface area contributed by atoms with Gasteiger partial charge in [-0.1, -0.05) is 12.1 Å². The minimum Gasteiger partial charge on any atom is -0.489 e. The molecule has 13 heavy (non-hydrogen) atoms. The molecule has 0 fully saturated rings. The Morgan fingerprint density at radius 1 is 1.38 bits per heavy atom. The second kappa shape index (κ2) is 2.66. The molecule has 1 N–H and O–H groups in total. The molecule has 0 aromatic heterocycles. The van der Waals surface area contributed by atoms with Crippen molar-refractivity contribution < 1.29 is 4.74 Å². The van der Waals surface area contributed by atoms with Gasteiger partial charge in [-0.2, -0.15) is 0 Å². The van der Waals surface area contributed by atoms with E-state index in [0.717, 1.165) is 18.0 Å². The fourth-order valence-electron chi connectivity index (χ4n) is 1.55. The average molecular weight is 177 g/mol. The SMILES string of the molecule is Cc1cccc2c1NC(C)(C)CO2. The summed E-state index contributed by atoms with van der Waals surface area (Å²) in [5.41, 5.74) is 2.42. The maximum absolute atomic E-state index is 5.66. The first-order valence-corrected chi connectivity index (χ1v) is 4.59. The number of hydrogen-bond donors (Lipinski definition) is 1. The van der Waals surface area contributed by atoms with Gasteiger partial charge in [-0.3, -0.25) is 0 Å². The van der Waals surface area contributed by atoms with Crippen LogP contribution in [0.25, 0.3) is 0 Å². The van der Waals surface area contributed by atoms with Gasteiger partial charge in [-0.05, 0) is 32.4 Å². The van der Waals surface area contributed by atoms with Gasteiger partial charge >= 0.3 is 0 Å². The first-order chi connectivity index (χ1) is 6.08. The Bertz CT molecular complexity index is 331. The van der Waals surface area contributed by atoms with Crippen molar-refractivity contribution in [3.8, 4) is 5.75 Å². The van der Waals surface area contributed by atoms with Gasteiger partial charge in [0.05, 0.1) is 11.2 Å². The van der Waals surface area contributed by atoms with E-state index in [1.54, 1.807) is 0 Å². The van der Waals surface area contributed by atoms with E-state index in [1.165, 1.54) is 5.56 Å². The monoisotopic (exact) mass is 177 g/mol. The van der Waals surface area contributed by atoms with Gasteiger partial charge < -0.3 is 10.1 Å². The van der Waals surface area contributed by atoms with Crippen LogP contribution < -0.4 is 10.1 Å². The highest BCUT2D eigenvalue weighted by atomic mass is 16.5. The Morgan fingerprint density at radius 3 is 2.92 bits per heavy atom. The van der Waals surface area contributed by atoms with Gasteiger partial charge in [0.25, 0.3) is 0 Å². The number of ether oxygens (including phenoxy) is 1. The van der Waals surface area contributed by atoms with Crippen LogP contribution in [0.5, 0.6) is 5.75 Å². The van der Waals surface area contributed by atoms with Crippen molar-refractivity contribution in [1.29, 1.82) is 0 Å². The van der Waals surface area contributed by atoms with Crippen LogP contribution >= 0.6 is 0 Å². The van der Waals surface area contributed by atoms with Crippen molar-refractivity contribution in [3.63, 3.8) is 0 Å². The molecule has 1 aromatic rings. The molecule has 0 saturated heterocycles. The van der Waals surface area contributed by atoms with Crippen molar-refractivity contribution in [2.24, 2.45) is 0 Å². The normalized spacial score (nSPS) is 18.4. The summed E-state index contributed by atoms with van der Waals surface area (Å²) in [6.07, 6.45) is 0. The minimum atomic E-state index is 0.0408. The quantitative estimate of drug-likeness (QED) is 0.657. The summed E-state index contributed by atoms with van der Waals surface area (Å²) in [4.78, 5) is 0. The highest BCUT2D eigenvalue weighted by Gasteiger charge is 2.25. The van der Waals surface area contributed by atoms with Crippen molar-refractivity contribution in [2.45, 2.75) is 26.3 Å². The third-order valence-corrected chi connectivity index (χ3v) is 2.29. The zero-order chi connectivity index (χ0) is 9.47. The lowest BCUT2D eigenvalue weighted by Crippen LogP contribution is -2.41. The average Bonchev–Trinajstić information content (AvgIpc) is 2.06. The topological polar surface area (TPSA) is 21.3 Å². The number of fused-ring (bicyclic) bond motifs is 1. The molecule has 2 nitrogen and oxygen atoms in total. The molecule has 70 valence electrons. The predicted molar refractivity (Wildman–Crippen MR) is 54.4 cm³/mol. The number of nitrogens with one attached hydrogen (secondary N) is 1. The molecule has 0 amide bonds. The molecule has 1 aliphatic heterocycles. The van der Waals surface area contributed by atoms with E-state index >= 15 is 0 Å². The Kier molecular flexibility index (Phi) is 1.72. The van der Waals surface area contributed by atoms with E-state index < -0.39 is 0 Å². The fraction of sp³-hybridized carbons (Fsp3) is 0.455. The van der Waals surface area contributed by atoms with Gasteiger partial charge in [0.15, 0.2) is 0 Å². The van der Waals surface area contributed by atoms with Crippen molar-refractivity contribution in [1.82, 2.24) is 0 Å². The summed E-state index contributed by atoms with van der Waals surface area (Å²) in [5.74, 6) is 0.972. The van der Waals surface area contributed by atoms with Crippen LogP contribution in [0.15, 0.2) is 18.2 Å². The lowest BCUT2D eigenvalue weighted by molar-refractivity contribution is 0.242. The highest BCUT2D eigenvalue weighted by Crippen LogP contribution is 2.34. The number of aryl methyl sites for hydroxylation is 1. The lowest BCUT2D eigenvalue weighted by Gasteiger charge is -2.34. The maximum Gasteiger partial charge on any atom is 0.142 e. The standard InChI is InChI=1S/C11H15NO/c1-8-5-4-6-9-10(8)12-11(2,3)7-13-9/h4-6,12H,7H2,1-3H3. The molecule has 0 bridgehead atoms. The first kappa shape index (κ1) is 8.42. The maximum atomic E-state index is 5.66. The van der Waals surface area contributed by atoms with Gasteiger partial charge in [0.1, 0.15) is 12.4 Å². The molecular weight excluding hydrogens is 162 g/mol. The highest BCUT2D eigenvalue weighted by molar-refractivity contribution is 5.64. The van der Waals surface area contributed by atoms with Crippen LogP contribution in [0.4, 0.5) is 5.69 Å². The predicted octanol–water partition coefficient (Wildman–Crippen LogP) is 2.58. The minimum absolute atomic E-state index is 0.0408. The summed E-state index contributed by atoms with van der Waals surface area (Å²) in [5, 5.41) is 3.48. The molecule has 1 heterocycles. The number of benzene rings is 1. The summed E-state index contributed by atoms with van der Waals surface area (Å²) in [7, 11) is 0. The van der Waals surface area contributed by atoms with Gasteiger partial charge in [-0.25, -0.2) is 0 Å². The van der Waals surface area contributed by atoms with Crippen LogP contribution in [0.3, 0.4) is 0 Å². The second-order valence-electron chi connectivity index (χ2n) is 4.25. The van der Waals surface area contributed by atoms with E-state index in [1.807, 2.05) is 12.1 Å². The largest absolute Gasteiger partial charge is 0.489 e. The van der Waals surface area contributed by atoms with E-state index in [4.69, 9.17) is 4.74 Å². The number of rotatable bonds is 0. The Morgan fingerprint density at radius 2 is 2.15 bits per heavy atom. The van der Waals surface area contributed by atoms with Crippen LogP contribution in [0.2, 0.25) is 0 Å². The third-order valence-electron chi connectivity index (χ3n) is 2.29. The molecule has 0 radical (unpaired) electrons. The van der Waals surface area contributed by atoms with Crippen LogP contribution in [-0.2, 0) is 0 Å². The summed E-state index contributed by atoms with van der Waals surface area (Å²) >= 11 is 0. The smallest absolute Gasteiger partial charge is 0.142 e. The Labute approximate surface area is 78.9 Å². The van der Waals surface area contributed by atoms with E-state index in [0.29, 0.717) is 0 Å². The first-order valence-electron chi connectivity index (χ1n) is 4.59. The zero-order valence-electron chi connectivity index (χ0n) is 8.35. The summed E-state index contributed by atoms with van der Waals surface area (Å²) < 4.78 is 5.66. The van der Waals surface area contributed by atoms with Crippen LogP contribution in [0, 0.1) is 6.92 Å². The second-order valence-corrected chi connectivity index (χ2v) is 4.25. The van der Waals surface area contributed by atoms with Crippen molar-refractivity contribution in [2.75, 3.05) is 11.9 Å². The fourth-order valence-corrected chi connectivity index (χ4v) is 1.55. The molecule has 2 heteroatoms. The summed E-state index contributed by atoms with van der Waals surface area (Å²) in [6, 6.07) is 6.12. The molecule has 0 aliphatic carbocycles. The molecule has 0 saturated carbocycles. The van der Waals surface area contributed by atoms with Crippen molar-refractivity contribution in [3.05, 3.63) is 23.8 Å². The Hall–Kier alpha value is -1.18. The molecule has 1 aromatic carbocycles. The van der Waals surface area contributed by atoms with E-state index in [2.05, 4.69) is 32.2 Å². The zero-order valence-corrected chi connectivity index (χ0v) is 8.35. The number of anilines is 1. The molecule has 0 atom stereocenters.